The fourth-order valence-electron chi connectivity index (χ4n) is 2.02. The molecular weight excluding hydrogens is 188 g/mol. The second-order valence-electron chi connectivity index (χ2n) is 5.12. The normalized spacial score (nSPS) is 26.0. The van der Waals surface area contributed by atoms with Gasteiger partial charge in [-0.3, -0.25) is 4.79 Å². The molecule has 0 saturated heterocycles. The van der Waals surface area contributed by atoms with Crippen molar-refractivity contribution >= 4 is 5.91 Å². The Hall–Kier alpha value is -1.04. The molecule has 0 spiro atoms. The molecule has 1 amide bonds. The molecule has 0 bridgehead atoms. The number of hydrogen-bond acceptors (Lipinski definition) is 2. The maximum Gasteiger partial charge on any atom is 0.239 e. The Bertz CT molecular complexity index is 278. The highest BCUT2D eigenvalue weighted by Crippen LogP contribution is 2.30. The summed E-state index contributed by atoms with van der Waals surface area (Å²) < 4.78 is 0. The van der Waals surface area contributed by atoms with Crippen molar-refractivity contribution in [2.24, 2.45) is 17.3 Å². The summed E-state index contributed by atoms with van der Waals surface area (Å²) >= 11 is 0. The van der Waals surface area contributed by atoms with E-state index in [1.807, 2.05) is 6.07 Å². The van der Waals surface area contributed by atoms with Crippen molar-refractivity contribution in [1.82, 2.24) is 5.32 Å². The molecule has 2 unspecified atom stereocenters. The Morgan fingerprint density at radius 3 is 2.67 bits per heavy atom. The van der Waals surface area contributed by atoms with Crippen LogP contribution >= 0.6 is 0 Å². The van der Waals surface area contributed by atoms with E-state index < -0.39 is 5.41 Å². The second-order valence-corrected chi connectivity index (χ2v) is 5.12. The average Bonchev–Trinajstić information content (AvgIpc) is 2.60. The van der Waals surface area contributed by atoms with Crippen LogP contribution in [0.2, 0.25) is 0 Å². The number of amides is 1. The van der Waals surface area contributed by atoms with Gasteiger partial charge in [0, 0.05) is 6.54 Å². The van der Waals surface area contributed by atoms with Crippen LogP contribution in [-0.2, 0) is 4.79 Å². The van der Waals surface area contributed by atoms with E-state index in [2.05, 4.69) is 12.2 Å². The lowest BCUT2D eigenvalue weighted by atomic mass is 9.93. The summed E-state index contributed by atoms with van der Waals surface area (Å²) in [6.07, 6.45) is 3.74. The van der Waals surface area contributed by atoms with Crippen molar-refractivity contribution in [3.8, 4) is 6.07 Å². The molecule has 1 N–H and O–H groups in total. The quantitative estimate of drug-likeness (QED) is 0.772. The SMILES string of the molecule is CC1CCCC1CNC(=O)C(C)(C)C#N. The molecule has 0 aromatic heterocycles. The number of nitrogens with one attached hydrogen (secondary N) is 1. The summed E-state index contributed by atoms with van der Waals surface area (Å²) in [6, 6.07) is 2.02. The fourth-order valence-corrected chi connectivity index (χ4v) is 2.02. The molecule has 1 saturated carbocycles. The summed E-state index contributed by atoms with van der Waals surface area (Å²) in [7, 11) is 0. The van der Waals surface area contributed by atoms with Crippen LogP contribution in [0.25, 0.3) is 0 Å². The molecule has 15 heavy (non-hydrogen) atoms. The molecule has 3 nitrogen and oxygen atoms in total. The van der Waals surface area contributed by atoms with Crippen LogP contribution < -0.4 is 5.32 Å². The lowest BCUT2D eigenvalue weighted by molar-refractivity contribution is -0.127. The van der Waals surface area contributed by atoms with E-state index in [4.69, 9.17) is 5.26 Å². The van der Waals surface area contributed by atoms with Gasteiger partial charge >= 0.3 is 0 Å². The summed E-state index contributed by atoms with van der Waals surface area (Å²) in [4.78, 5) is 11.6. The zero-order valence-corrected chi connectivity index (χ0v) is 9.84. The molecule has 1 rings (SSSR count). The Morgan fingerprint density at radius 1 is 1.53 bits per heavy atom. The Morgan fingerprint density at radius 2 is 2.20 bits per heavy atom. The van der Waals surface area contributed by atoms with Gasteiger partial charge in [-0.05, 0) is 32.1 Å². The third kappa shape index (κ3) is 2.95. The molecule has 2 atom stereocenters. The van der Waals surface area contributed by atoms with Gasteiger partial charge in [0.1, 0.15) is 5.41 Å². The predicted octanol–water partition coefficient (Wildman–Crippen LogP) is 2.09. The topological polar surface area (TPSA) is 52.9 Å². The second kappa shape index (κ2) is 4.65. The number of nitriles is 1. The van der Waals surface area contributed by atoms with Gasteiger partial charge in [0.2, 0.25) is 5.91 Å². The van der Waals surface area contributed by atoms with Gasteiger partial charge in [0.05, 0.1) is 6.07 Å². The summed E-state index contributed by atoms with van der Waals surface area (Å²) in [6.45, 7) is 6.27. The minimum atomic E-state index is -0.901. The van der Waals surface area contributed by atoms with E-state index >= 15 is 0 Å². The maximum absolute atomic E-state index is 11.6. The van der Waals surface area contributed by atoms with Crippen LogP contribution in [0, 0.1) is 28.6 Å². The molecule has 84 valence electrons. The van der Waals surface area contributed by atoms with Crippen LogP contribution in [0.4, 0.5) is 0 Å². The first-order valence-electron chi connectivity index (χ1n) is 5.67. The lowest BCUT2D eigenvalue weighted by Crippen LogP contribution is -2.39. The third-order valence-corrected chi connectivity index (χ3v) is 3.41. The molecular formula is C12H20N2O. The van der Waals surface area contributed by atoms with Crippen LogP contribution in [0.5, 0.6) is 0 Å². The standard InChI is InChI=1S/C12H20N2O/c1-9-5-4-6-10(9)7-14-11(15)12(2,3)8-13/h9-10H,4-7H2,1-3H3,(H,14,15). The van der Waals surface area contributed by atoms with Gasteiger partial charge in [-0.15, -0.1) is 0 Å². The number of rotatable bonds is 3. The van der Waals surface area contributed by atoms with Crippen LogP contribution in [0.15, 0.2) is 0 Å². The highest BCUT2D eigenvalue weighted by Gasteiger charge is 2.29. The number of carbonyl (C=O) groups excluding carboxylic acids is 1. The smallest absolute Gasteiger partial charge is 0.239 e. The highest BCUT2D eigenvalue weighted by atomic mass is 16.2. The highest BCUT2D eigenvalue weighted by molar-refractivity contribution is 5.84. The first-order chi connectivity index (χ1) is 6.97. The van der Waals surface area contributed by atoms with Crippen LogP contribution in [-0.4, -0.2) is 12.5 Å². The largest absolute Gasteiger partial charge is 0.354 e. The molecule has 0 heterocycles. The summed E-state index contributed by atoms with van der Waals surface area (Å²) in [5.74, 6) is 1.16. The Balaban J connectivity index is 2.38. The van der Waals surface area contributed by atoms with Gasteiger partial charge in [-0.2, -0.15) is 5.26 Å². The average molecular weight is 208 g/mol. The van der Waals surface area contributed by atoms with Crippen molar-refractivity contribution < 1.29 is 4.79 Å². The molecule has 3 heteroatoms. The van der Waals surface area contributed by atoms with Gasteiger partial charge in [-0.1, -0.05) is 19.8 Å². The lowest BCUT2D eigenvalue weighted by Gasteiger charge is -2.19. The van der Waals surface area contributed by atoms with Crippen molar-refractivity contribution in [2.75, 3.05) is 6.54 Å². The van der Waals surface area contributed by atoms with Gasteiger partial charge in [0.25, 0.3) is 0 Å². The number of hydrogen-bond donors (Lipinski definition) is 1. The van der Waals surface area contributed by atoms with E-state index in [-0.39, 0.29) is 5.91 Å². The van der Waals surface area contributed by atoms with Crippen LogP contribution in [0.1, 0.15) is 40.0 Å². The minimum Gasteiger partial charge on any atom is -0.354 e. The number of nitrogens with zero attached hydrogens (tertiary/aromatic N) is 1. The van der Waals surface area contributed by atoms with E-state index in [0.717, 1.165) is 6.54 Å². The van der Waals surface area contributed by atoms with Gasteiger partial charge < -0.3 is 5.32 Å². The van der Waals surface area contributed by atoms with Crippen molar-refractivity contribution in [1.29, 1.82) is 5.26 Å². The van der Waals surface area contributed by atoms with Gasteiger partial charge in [0.15, 0.2) is 0 Å². The molecule has 0 aromatic rings. The van der Waals surface area contributed by atoms with E-state index in [9.17, 15) is 4.79 Å². The maximum atomic E-state index is 11.6. The number of carbonyl (C=O) groups is 1. The molecule has 1 aliphatic carbocycles. The van der Waals surface area contributed by atoms with Crippen molar-refractivity contribution in [2.45, 2.75) is 40.0 Å². The van der Waals surface area contributed by atoms with Crippen molar-refractivity contribution in [3.05, 3.63) is 0 Å². The fraction of sp³-hybridized carbons (Fsp3) is 0.833. The molecule has 0 radical (unpaired) electrons. The Labute approximate surface area is 91.9 Å². The molecule has 1 fully saturated rings. The first kappa shape index (κ1) is 12.0. The Kier molecular flexibility index (Phi) is 3.73. The molecule has 0 aliphatic heterocycles. The van der Waals surface area contributed by atoms with E-state index in [0.29, 0.717) is 11.8 Å². The van der Waals surface area contributed by atoms with Gasteiger partial charge in [-0.25, -0.2) is 0 Å². The monoisotopic (exact) mass is 208 g/mol. The molecule has 1 aliphatic rings. The predicted molar refractivity (Wildman–Crippen MR) is 58.9 cm³/mol. The zero-order valence-electron chi connectivity index (χ0n) is 9.84. The summed E-state index contributed by atoms with van der Waals surface area (Å²) in [5, 5.41) is 11.7. The zero-order chi connectivity index (χ0) is 11.5. The first-order valence-corrected chi connectivity index (χ1v) is 5.67. The van der Waals surface area contributed by atoms with Crippen molar-refractivity contribution in [3.63, 3.8) is 0 Å². The molecule has 0 aromatic carbocycles. The van der Waals surface area contributed by atoms with Crippen LogP contribution in [0.3, 0.4) is 0 Å². The van der Waals surface area contributed by atoms with E-state index in [1.54, 1.807) is 13.8 Å². The third-order valence-electron chi connectivity index (χ3n) is 3.41. The minimum absolute atomic E-state index is 0.149. The summed E-state index contributed by atoms with van der Waals surface area (Å²) in [5.41, 5.74) is -0.901. The van der Waals surface area contributed by atoms with E-state index in [1.165, 1.54) is 19.3 Å².